The smallest absolute Gasteiger partial charge is 0.0846 e. The molecule has 1 saturated heterocycles. The first-order valence-electron chi connectivity index (χ1n) is 12.4. The molecule has 1 heterocycles. The van der Waals surface area contributed by atoms with Gasteiger partial charge in [0.05, 0.1) is 11.5 Å². The number of piperidine rings is 1. The highest BCUT2D eigenvalue weighted by atomic mass is 15.1. The Morgan fingerprint density at radius 3 is 2.32 bits per heavy atom. The molecule has 0 N–H and O–H groups in total. The Labute approximate surface area is 190 Å². The van der Waals surface area contributed by atoms with Crippen LogP contribution in [0.15, 0.2) is 42.5 Å². The summed E-state index contributed by atoms with van der Waals surface area (Å²) in [5.74, 6) is 0. The summed E-state index contributed by atoms with van der Waals surface area (Å²) in [6.07, 6.45) is 10.4. The molecule has 1 fully saturated rings. The van der Waals surface area contributed by atoms with Crippen LogP contribution in [0, 0.1) is 18.3 Å². The molecule has 166 valence electrons. The van der Waals surface area contributed by atoms with E-state index in [9.17, 15) is 5.26 Å². The summed E-state index contributed by atoms with van der Waals surface area (Å²) in [6, 6.07) is 18.3. The van der Waals surface area contributed by atoms with E-state index >= 15 is 0 Å². The molecule has 2 nitrogen and oxygen atoms in total. The molecule has 0 amide bonds. The topological polar surface area (TPSA) is 27.0 Å². The lowest BCUT2D eigenvalue weighted by molar-refractivity contribution is 0.183. The van der Waals surface area contributed by atoms with E-state index in [1.807, 2.05) is 0 Å². The van der Waals surface area contributed by atoms with Gasteiger partial charge in [-0.2, -0.15) is 5.26 Å². The molecule has 0 bridgehead atoms. The van der Waals surface area contributed by atoms with Gasteiger partial charge in [0.2, 0.25) is 0 Å². The van der Waals surface area contributed by atoms with E-state index in [4.69, 9.17) is 0 Å². The molecule has 2 aromatic carbocycles. The van der Waals surface area contributed by atoms with Crippen molar-refractivity contribution >= 4 is 0 Å². The number of benzene rings is 2. The number of unbranched alkanes of at least 4 members (excludes halogenated alkanes) is 2. The standard InChI is InChI=1S/C29H40N2/c1-4-10-28-24(3)11-9-13-26(28)12-7-6-8-20-31-21-18-29(23-30,19-22-31)27-16-14-25(5-2)15-17-27/h9,11,13-17H,4-8,10,12,18-22H2,1-3H3. The van der Waals surface area contributed by atoms with Crippen LogP contribution in [0.2, 0.25) is 0 Å². The maximum atomic E-state index is 9.97. The Morgan fingerprint density at radius 2 is 1.68 bits per heavy atom. The van der Waals surface area contributed by atoms with Crippen LogP contribution in [0.1, 0.15) is 80.2 Å². The highest BCUT2D eigenvalue weighted by Gasteiger charge is 2.36. The van der Waals surface area contributed by atoms with Crippen molar-refractivity contribution in [1.29, 1.82) is 5.26 Å². The van der Waals surface area contributed by atoms with Crippen molar-refractivity contribution in [1.82, 2.24) is 4.90 Å². The van der Waals surface area contributed by atoms with Gasteiger partial charge in [0.15, 0.2) is 0 Å². The first-order valence-corrected chi connectivity index (χ1v) is 12.4. The van der Waals surface area contributed by atoms with Crippen molar-refractivity contribution in [3.63, 3.8) is 0 Å². The van der Waals surface area contributed by atoms with Gasteiger partial charge < -0.3 is 4.90 Å². The van der Waals surface area contributed by atoms with Crippen molar-refractivity contribution < 1.29 is 0 Å². The van der Waals surface area contributed by atoms with Crippen molar-refractivity contribution in [2.24, 2.45) is 0 Å². The molecule has 3 rings (SSSR count). The summed E-state index contributed by atoms with van der Waals surface area (Å²) in [7, 11) is 0. The van der Waals surface area contributed by atoms with Gasteiger partial charge in [-0.15, -0.1) is 0 Å². The van der Waals surface area contributed by atoms with Gasteiger partial charge in [-0.05, 0) is 99.3 Å². The zero-order chi connectivity index (χ0) is 22.1. The molecule has 31 heavy (non-hydrogen) atoms. The number of rotatable bonds is 10. The van der Waals surface area contributed by atoms with Crippen LogP contribution in [-0.4, -0.2) is 24.5 Å². The van der Waals surface area contributed by atoms with Crippen molar-refractivity contribution in [3.05, 3.63) is 70.3 Å². The molecule has 0 radical (unpaired) electrons. The Balaban J connectivity index is 1.42. The Hall–Kier alpha value is -2.11. The van der Waals surface area contributed by atoms with Crippen LogP contribution < -0.4 is 0 Å². The molecule has 2 heteroatoms. The summed E-state index contributed by atoms with van der Waals surface area (Å²) in [6.45, 7) is 9.97. The van der Waals surface area contributed by atoms with Crippen LogP contribution in [-0.2, 0) is 24.7 Å². The van der Waals surface area contributed by atoms with Gasteiger partial charge >= 0.3 is 0 Å². The largest absolute Gasteiger partial charge is 0.303 e. The summed E-state index contributed by atoms with van der Waals surface area (Å²) in [4.78, 5) is 2.57. The van der Waals surface area contributed by atoms with Crippen LogP contribution in [0.5, 0.6) is 0 Å². The Kier molecular flexibility index (Phi) is 8.73. The fourth-order valence-corrected chi connectivity index (χ4v) is 5.12. The quantitative estimate of drug-likeness (QED) is 0.399. The van der Waals surface area contributed by atoms with Crippen molar-refractivity contribution in [2.75, 3.05) is 19.6 Å². The average Bonchev–Trinajstić information content (AvgIpc) is 2.81. The molecule has 0 spiro atoms. The van der Waals surface area contributed by atoms with Gasteiger partial charge in [-0.3, -0.25) is 0 Å². The van der Waals surface area contributed by atoms with Crippen molar-refractivity contribution in [2.45, 2.75) is 84.0 Å². The first kappa shape index (κ1) is 23.6. The predicted molar refractivity (Wildman–Crippen MR) is 132 cm³/mol. The third-order valence-electron chi connectivity index (χ3n) is 7.27. The second-order valence-electron chi connectivity index (χ2n) is 9.36. The summed E-state index contributed by atoms with van der Waals surface area (Å²) in [5, 5.41) is 9.97. The molecular formula is C29H40N2. The fourth-order valence-electron chi connectivity index (χ4n) is 5.12. The zero-order valence-corrected chi connectivity index (χ0v) is 19.9. The third-order valence-corrected chi connectivity index (χ3v) is 7.27. The van der Waals surface area contributed by atoms with E-state index < -0.39 is 0 Å². The first-order chi connectivity index (χ1) is 15.1. The van der Waals surface area contributed by atoms with Gasteiger partial charge in [0.1, 0.15) is 0 Å². The average molecular weight is 417 g/mol. The fraction of sp³-hybridized carbons (Fsp3) is 0.552. The molecule has 1 aliphatic heterocycles. The van der Waals surface area contributed by atoms with E-state index in [0.29, 0.717) is 0 Å². The van der Waals surface area contributed by atoms with Gasteiger partial charge in [0, 0.05) is 0 Å². The second kappa shape index (κ2) is 11.5. The van der Waals surface area contributed by atoms with Crippen molar-refractivity contribution in [3.8, 4) is 6.07 Å². The molecule has 0 aliphatic carbocycles. The molecule has 0 aromatic heterocycles. The molecule has 0 saturated carbocycles. The maximum absolute atomic E-state index is 9.97. The normalized spacial score (nSPS) is 16.2. The lowest BCUT2D eigenvalue weighted by Crippen LogP contribution is -2.42. The third kappa shape index (κ3) is 5.98. The lowest BCUT2D eigenvalue weighted by atomic mass is 9.74. The predicted octanol–water partition coefficient (Wildman–Crippen LogP) is 6.78. The summed E-state index contributed by atoms with van der Waals surface area (Å²) < 4.78 is 0. The van der Waals surface area contributed by atoms with E-state index in [2.05, 4.69) is 74.2 Å². The van der Waals surface area contributed by atoms with Gasteiger partial charge in [-0.25, -0.2) is 0 Å². The van der Waals surface area contributed by atoms with E-state index in [1.165, 1.54) is 61.8 Å². The van der Waals surface area contributed by atoms with Crippen LogP contribution in [0.3, 0.4) is 0 Å². The van der Waals surface area contributed by atoms with E-state index in [-0.39, 0.29) is 5.41 Å². The Bertz CT molecular complexity index is 851. The molecule has 0 unspecified atom stereocenters. The number of hydrogen-bond acceptors (Lipinski definition) is 2. The molecular weight excluding hydrogens is 376 g/mol. The minimum absolute atomic E-state index is 0.288. The number of nitriles is 1. The number of nitrogens with zero attached hydrogens (tertiary/aromatic N) is 2. The Morgan fingerprint density at radius 1 is 0.935 bits per heavy atom. The summed E-state index contributed by atoms with van der Waals surface area (Å²) in [5.41, 5.74) is 6.88. The maximum Gasteiger partial charge on any atom is 0.0846 e. The second-order valence-corrected chi connectivity index (χ2v) is 9.36. The van der Waals surface area contributed by atoms with Gasteiger partial charge in [0.25, 0.3) is 0 Å². The van der Waals surface area contributed by atoms with E-state index in [0.717, 1.165) is 32.4 Å². The lowest BCUT2D eigenvalue weighted by Gasteiger charge is -2.37. The molecule has 1 aliphatic rings. The van der Waals surface area contributed by atoms with Crippen LogP contribution in [0.25, 0.3) is 0 Å². The van der Waals surface area contributed by atoms with Crippen LogP contribution in [0.4, 0.5) is 0 Å². The van der Waals surface area contributed by atoms with Gasteiger partial charge in [-0.1, -0.05) is 69.2 Å². The number of aryl methyl sites for hydroxylation is 3. The summed E-state index contributed by atoms with van der Waals surface area (Å²) >= 11 is 0. The molecule has 0 atom stereocenters. The number of likely N-dealkylation sites (tertiary alicyclic amines) is 1. The SMILES string of the molecule is CCCc1c(C)cccc1CCCCCN1CCC(C#N)(c2ccc(CC)cc2)CC1. The minimum Gasteiger partial charge on any atom is -0.303 e. The monoisotopic (exact) mass is 416 g/mol. The zero-order valence-electron chi connectivity index (χ0n) is 19.9. The minimum atomic E-state index is -0.288. The van der Waals surface area contributed by atoms with E-state index in [1.54, 1.807) is 11.1 Å². The van der Waals surface area contributed by atoms with Crippen LogP contribution >= 0.6 is 0 Å². The molecule has 2 aromatic rings. The highest BCUT2D eigenvalue weighted by molar-refractivity contribution is 5.36. The number of hydrogen-bond donors (Lipinski definition) is 0. The highest BCUT2D eigenvalue weighted by Crippen LogP contribution is 2.35.